The zero-order valence-electron chi connectivity index (χ0n) is 29.6. The molecule has 0 unspecified atom stereocenters. The van der Waals surface area contributed by atoms with Crippen molar-refractivity contribution in [1.82, 2.24) is 20.3 Å². The Kier molecular flexibility index (Phi) is 10.2. The molecule has 0 bridgehead atoms. The van der Waals surface area contributed by atoms with Gasteiger partial charge in [0.05, 0.1) is 11.8 Å². The van der Waals surface area contributed by atoms with Crippen LogP contribution in [0.2, 0.25) is 0 Å². The molecule has 6 rings (SSSR count). The van der Waals surface area contributed by atoms with Gasteiger partial charge in [0.25, 0.3) is 5.91 Å². The van der Waals surface area contributed by atoms with E-state index in [1.165, 1.54) is 18.1 Å². The summed E-state index contributed by atoms with van der Waals surface area (Å²) in [6.07, 6.45) is 5.21. The molecule has 14 heteroatoms. The maximum absolute atomic E-state index is 14.7. The molecular formula is C37H48N4O8S2. The second-order valence-corrected chi connectivity index (χ2v) is 18.3. The van der Waals surface area contributed by atoms with Gasteiger partial charge >= 0.3 is 6.09 Å². The third-order valence-corrected chi connectivity index (χ3v) is 13.5. The number of likely N-dealkylation sites (tertiary alicyclic amines) is 1. The Morgan fingerprint density at radius 1 is 1.04 bits per heavy atom. The number of alkyl carbamates (subject to hydrolysis) is 1. The van der Waals surface area contributed by atoms with E-state index in [-0.39, 0.29) is 25.5 Å². The van der Waals surface area contributed by atoms with Crippen molar-refractivity contribution in [3.05, 3.63) is 60.0 Å². The first kappa shape index (κ1) is 37.0. The Morgan fingerprint density at radius 3 is 2.27 bits per heavy atom. The number of thiophene rings is 1. The lowest BCUT2D eigenvalue weighted by molar-refractivity contribution is -0.143. The minimum Gasteiger partial charge on any atom is -0.446 e. The van der Waals surface area contributed by atoms with Crippen LogP contribution in [0.25, 0.3) is 10.4 Å². The molecule has 2 aromatic rings. The van der Waals surface area contributed by atoms with Crippen molar-refractivity contribution in [2.45, 2.75) is 107 Å². The summed E-state index contributed by atoms with van der Waals surface area (Å²) in [7, 11) is -2.36. The van der Waals surface area contributed by atoms with Gasteiger partial charge in [-0.25, -0.2) is 13.2 Å². The van der Waals surface area contributed by atoms with E-state index in [1.807, 2.05) is 62.5 Å². The van der Waals surface area contributed by atoms with Crippen LogP contribution in [-0.2, 0) is 39.5 Å². The molecule has 3 N–H and O–H groups in total. The summed E-state index contributed by atoms with van der Waals surface area (Å²) in [6, 6.07) is 9.58. The van der Waals surface area contributed by atoms with Crippen molar-refractivity contribution in [3.63, 3.8) is 0 Å². The predicted molar refractivity (Wildman–Crippen MR) is 193 cm³/mol. The van der Waals surface area contributed by atoms with Crippen molar-refractivity contribution in [2.24, 2.45) is 11.3 Å². The summed E-state index contributed by atoms with van der Waals surface area (Å²) < 4.78 is 39.5. The normalized spacial score (nSPS) is 27.0. The first-order chi connectivity index (χ1) is 24.1. The molecule has 1 aromatic carbocycles. The summed E-state index contributed by atoms with van der Waals surface area (Å²) in [5.74, 6) is -2.48. The number of methoxy groups -OCH3 is 1. The highest BCUT2D eigenvalue weighted by atomic mass is 32.2. The summed E-state index contributed by atoms with van der Waals surface area (Å²) in [5, 5.41) is 7.00. The number of sulfonamides is 1. The molecule has 2 heterocycles. The Bertz CT molecular complexity index is 1760. The van der Waals surface area contributed by atoms with Crippen LogP contribution in [-0.4, -0.2) is 79.8 Å². The fraction of sp³-hybridized carbons (Fsp3) is 0.568. The monoisotopic (exact) mass is 740 g/mol. The Hall–Kier alpha value is -3.75. The van der Waals surface area contributed by atoms with Gasteiger partial charge in [-0.15, -0.1) is 17.9 Å². The minimum atomic E-state index is -3.89. The lowest BCUT2D eigenvalue weighted by atomic mass is 9.85. The van der Waals surface area contributed by atoms with E-state index in [4.69, 9.17) is 9.47 Å². The second-order valence-electron chi connectivity index (χ2n) is 15.4. The first-order valence-corrected chi connectivity index (χ1v) is 20.0. The molecule has 1 aromatic heterocycles. The topological polar surface area (TPSA) is 160 Å². The molecule has 4 amide bonds. The lowest BCUT2D eigenvalue weighted by Crippen LogP contribution is -2.60. The molecular weight excluding hydrogens is 693 g/mol. The SMILES string of the molecule is C=C[C@@H]1C[C@]1(NC(=O)[C@@H]1C[C@@](OC)(c2ccc(-c3cccs3)cc2)CN1C(=O)[C@@H](NC(=O)OC1CCCC1)C(C)(C)C)C(=O)NS(=O)(=O)C1CC1. The van der Waals surface area contributed by atoms with E-state index >= 15 is 0 Å². The third kappa shape index (κ3) is 7.59. The smallest absolute Gasteiger partial charge is 0.408 e. The van der Waals surface area contributed by atoms with Crippen LogP contribution in [0.1, 0.15) is 77.7 Å². The molecule has 1 saturated heterocycles. The van der Waals surface area contributed by atoms with E-state index in [9.17, 15) is 27.6 Å². The first-order valence-electron chi connectivity index (χ1n) is 17.6. The average Bonchev–Trinajstić information content (AvgIpc) is 3.84. The zero-order chi connectivity index (χ0) is 36.8. The van der Waals surface area contributed by atoms with Crippen LogP contribution < -0.4 is 15.4 Å². The highest BCUT2D eigenvalue weighted by molar-refractivity contribution is 7.91. The maximum Gasteiger partial charge on any atom is 0.408 e. The fourth-order valence-electron chi connectivity index (χ4n) is 7.34. The highest BCUT2D eigenvalue weighted by Crippen LogP contribution is 2.47. The van der Waals surface area contributed by atoms with Gasteiger partial charge in [-0.1, -0.05) is 57.2 Å². The molecule has 12 nitrogen and oxygen atoms in total. The molecule has 4 aliphatic rings. The standard InChI is InChI=1S/C37H48N4O8S2/c1-6-24-20-37(24,33(44)40-51(46,47)27-17-18-27)39-31(42)28-21-36(48-5,25-15-13-23(14-16-25)29-12-9-19-50-29)22-41(28)32(43)30(35(2,3)4)38-34(45)49-26-10-7-8-11-26/h6,9,12-16,19,24,26-28,30H,1,7-8,10-11,17-18,20-22H2,2-5H3,(H,38,45)(H,39,42)(H,40,44)/t24-,28+,30-,36+,37-/m1/s1. The molecule has 0 radical (unpaired) electrons. The number of amides is 4. The quantitative estimate of drug-likeness (QED) is 0.266. The van der Waals surface area contributed by atoms with E-state index in [2.05, 4.69) is 21.9 Å². The van der Waals surface area contributed by atoms with Gasteiger partial charge < -0.3 is 25.0 Å². The molecule has 276 valence electrons. The summed E-state index contributed by atoms with van der Waals surface area (Å²) >= 11 is 1.61. The number of nitrogens with one attached hydrogen (secondary N) is 3. The minimum absolute atomic E-state index is 0.0230. The molecule has 3 aliphatic carbocycles. The third-order valence-electron chi connectivity index (χ3n) is 10.7. The number of ether oxygens (including phenoxy) is 2. The van der Waals surface area contributed by atoms with Gasteiger partial charge in [-0.05, 0) is 72.9 Å². The number of carbonyl (C=O) groups excluding carboxylic acids is 4. The van der Waals surface area contributed by atoms with E-state index in [1.54, 1.807) is 11.3 Å². The number of carbonyl (C=O) groups is 4. The van der Waals surface area contributed by atoms with Crippen molar-refractivity contribution < 1.29 is 37.1 Å². The van der Waals surface area contributed by atoms with Crippen LogP contribution in [0, 0.1) is 11.3 Å². The molecule has 5 atom stereocenters. The maximum atomic E-state index is 14.7. The van der Waals surface area contributed by atoms with Crippen molar-refractivity contribution in [2.75, 3.05) is 13.7 Å². The van der Waals surface area contributed by atoms with Crippen molar-refractivity contribution in [1.29, 1.82) is 0 Å². The van der Waals surface area contributed by atoms with Crippen molar-refractivity contribution >= 4 is 45.2 Å². The van der Waals surface area contributed by atoms with Crippen LogP contribution in [0.5, 0.6) is 0 Å². The van der Waals surface area contributed by atoms with Gasteiger partial charge in [-0.2, -0.15) is 0 Å². The Labute approximate surface area is 303 Å². The Morgan fingerprint density at radius 2 is 1.73 bits per heavy atom. The van der Waals surface area contributed by atoms with Crippen LogP contribution >= 0.6 is 11.3 Å². The predicted octanol–water partition coefficient (Wildman–Crippen LogP) is 4.61. The van der Waals surface area contributed by atoms with Crippen LogP contribution in [0.3, 0.4) is 0 Å². The van der Waals surface area contributed by atoms with E-state index in [0.29, 0.717) is 12.8 Å². The largest absolute Gasteiger partial charge is 0.446 e. The molecule has 1 aliphatic heterocycles. The van der Waals surface area contributed by atoms with Gasteiger partial charge in [0.1, 0.15) is 29.3 Å². The fourth-order valence-corrected chi connectivity index (χ4v) is 9.43. The summed E-state index contributed by atoms with van der Waals surface area (Å²) in [5.41, 5.74) is -1.68. The average molecular weight is 741 g/mol. The van der Waals surface area contributed by atoms with Crippen LogP contribution in [0.4, 0.5) is 4.79 Å². The lowest BCUT2D eigenvalue weighted by Gasteiger charge is -2.36. The second kappa shape index (κ2) is 14.0. The molecule has 51 heavy (non-hydrogen) atoms. The summed E-state index contributed by atoms with van der Waals surface area (Å²) in [6.45, 7) is 9.23. The van der Waals surface area contributed by atoms with Gasteiger partial charge in [-0.3, -0.25) is 19.1 Å². The van der Waals surface area contributed by atoms with Crippen LogP contribution in [0.15, 0.2) is 54.4 Å². The Balaban J connectivity index is 1.31. The number of benzene rings is 1. The van der Waals surface area contributed by atoms with E-state index in [0.717, 1.165) is 41.7 Å². The number of hydrogen-bond acceptors (Lipinski definition) is 9. The van der Waals surface area contributed by atoms with E-state index < -0.39 is 73.6 Å². The number of nitrogens with zero attached hydrogens (tertiary/aromatic N) is 1. The van der Waals surface area contributed by atoms with Gasteiger partial charge in [0, 0.05) is 24.3 Å². The highest BCUT2D eigenvalue weighted by Gasteiger charge is 2.62. The number of rotatable bonds is 12. The number of hydrogen-bond donors (Lipinski definition) is 3. The molecule has 3 saturated carbocycles. The van der Waals surface area contributed by atoms with Crippen molar-refractivity contribution in [3.8, 4) is 10.4 Å². The zero-order valence-corrected chi connectivity index (χ0v) is 31.2. The summed E-state index contributed by atoms with van der Waals surface area (Å²) in [4.78, 5) is 58.3. The van der Waals surface area contributed by atoms with Gasteiger partial charge in [0.15, 0.2) is 0 Å². The van der Waals surface area contributed by atoms with Gasteiger partial charge in [0.2, 0.25) is 21.8 Å². The molecule has 4 fully saturated rings. The molecule has 0 spiro atoms.